The number of nitrogens with one attached hydrogen (secondary N) is 1. The third kappa shape index (κ3) is 5.43. The van der Waals surface area contributed by atoms with Gasteiger partial charge in [0, 0.05) is 4.47 Å². The summed E-state index contributed by atoms with van der Waals surface area (Å²) in [4.78, 5) is 35.8. The number of carboxylic acid groups (broad SMARTS) is 1. The number of carbonyl (C=O) groups is 3. The number of aliphatic carboxylic acids is 1. The lowest BCUT2D eigenvalue weighted by molar-refractivity contribution is -0.140. The zero-order chi connectivity index (χ0) is 22.5. The van der Waals surface area contributed by atoms with Crippen LogP contribution < -0.4 is 14.8 Å². The first-order valence-electron chi connectivity index (χ1n) is 9.49. The van der Waals surface area contributed by atoms with Crippen molar-refractivity contribution in [3.05, 3.63) is 63.3 Å². The molecule has 2 aromatic rings. The summed E-state index contributed by atoms with van der Waals surface area (Å²) in [5.41, 5.74) is 2.69. The van der Waals surface area contributed by atoms with Crippen LogP contribution in [0.5, 0.6) is 11.5 Å². The Morgan fingerprint density at radius 3 is 2.61 bits per heavy atom. The van der Waals surface area contributed by atoms with Crippen molar-refractivity contribution in [2.75, 3.05) is 13.2 Å². The fourth-order valence-electron chi connectivity index (χ4n) is 3.01. The molecule has 3 amide bonds. The summed E-state index contributed by atoms with van der Waals surface area (Å²) >= 11 is 3.46. The van der Waals surface area contributed by atoms with Crippen LogP contribution in [-0.4, -0.2) is 41.1 Å². The number of hydrogen-bond acceptors (Lipinski definition) is 5. The first-order chi connectivity index (χ1) is 14.8. The van der Waals surface area contributed by atoms with Crippen LogP contribution in [0.2, 0.25) is 0 Å². The van der Waals surface area contributed by atoms with Gasteiger partial charge >= 0.3 is 12.0 Å². The van der Waals surface area contributed by atoms with E-state index in [0.717, 1.165) is 11.1 Å². The molecule has 162 valence electrons. The number of halogens is 1. The van der Waals surface area contributed by atoms with Gasteiger partial charge in [-0.2, -0.15) is 0 Å². The summed E-state index contributed by atoms with van der Waals surface area (Å²) in [6.45, 7) is 3.90. The van der Waals surface area contributed by atoms with Gasteiger partial charge < -0.3 is 19.9 Å². The second-order valence-electron chi connectivity index (χ2n) is 6.80. The number of urea groups is 1. The van der Waals surface area contributed by atoms with Crippen LogP contribution >= 0.6 is 15.9 Å². The fourth-order valence-corrected chi connectivity index (χ4v) is 3.45. The number of rotatable bonds is 8. The molecular weight excluding hydrogens is 468 g/mol. The number of ether oxygens (including phenoxy) is 2. The van der Waals surface area contributed by atoms with Gasteiger partial charge in [0.15, 0.2) is 11.5 Å². The van der Waals surface area contributed by atoms with E-state index >= 15 is 0 Å². The largest absolute Gasteiger partial charge is 0.490 e. The molecule has 0 saturated carbocycles. The number of carboxylic acids is 1. The summed E-state index contributed by atoms with van der Waals surface area (Å²) in [6.07, 6.45) is 1.46. The highest BCUT2D eigenvalue weighted by atomic mass is 79.9. The fraction of sp³-hybridized carbons (Fsp3) is 0.227. The number of nitrogens with zero attached hydrogens (tertiary/aromatic N) is 1. The highest BCUT2D eigenvalue weighted by Gasteiger charge is 2.35. The number of aryl methyl sites for hydroxylation is 1. The second-order valence-corrected chi connectivity index (χ2v) is 7.66. The minimum absolute atomic E-state index is 0.0252. The van der Waals surface area contributed by atoms with Crippen molar-refractivity contribution in [2.45, 2.75) is 20.5 Å². The van der Waals surface area contributed by atoms with Gasteiger partial charge in [-0.1, -0.05) is 45.8 Å². The predicted molar refractivity (Wildman–Crippen MR) is 117 cm³/mol. The summed E-state index contributed by atoms with van der Waals surface area (Å²) in [7, 11) is 0. The van der Waals surface area contributed by atoms with Crippen LogP contribution in [-0.2, 0) is 16.2 Å². The molecule has 1 saturated heterocycles. The smallest absolute Gasteiger partial charge is 0.329 e. The second kappa shape index (κ2) is 9.65. The van der Waals surface area contributed by atoms with Gasteiger partial charge in [-0.25, -0.2) is 9.69 Å². The molecule has 1 aliphatic heterocycles. The quantitative estimate of drug-likeness (QED) is 0.433. The normalized spacial score (nSPS) is 14.7. The Bertz CT molecular complexity index is 1070. The van der Waals surface area contributed by atoms with Crippen molar-refractivity contribution in [3.8, 4) is 11.5 Å². The van der Waals surface area contributed by atoms with E-state index in [0.29, 0.717) is 39.6 Å². The standard InChI is InChI=1S/C22H21BrN2O6/c1-3-30-18-9-15(8-17-21(28)25(11-20(26)27)22(29)24-17)16(23)10-19(18)31-12-14-6-4-5-13(2)7-14/h4-10H,3,11-12H2,1-2H3,(H,24,29)(H,26,27)/b17-8+. The monoisotopic (exact) mass is 488 g/mol. The summed E-state index contributed by atoms with van der Waals surface area (Å²) in [5, 5.41) is 11.3. The number of carbonyl (C=O) groups excluding carboxylic acids is 2. The molecule has 0 radical (unpaired) electrons. The molecule has 2 N–H and O–H groups in total. The molecule has 3 rings (SSSR count). The van der Waals surface area contributed by atoms with Crippen LogP contribution in [0.3, 0.4) is 0 Å². The number of imide groups is 1. The Morgan fingerprint density at radius 2 is 1.94 bits per heavy atom. The van der Waals surface area contributed by atoms with Gasteiger partial charge in [0.05, 0.1) is 6.61 Å². The lowest BCUT2D eigenvalue weighted by Crippen LogP contribution is -2.35. The first kappa shape index (κ1) is 22.4. The van der Waals surface area contributed by atoms with Crippen LogP contribution in [0.1, 0.15) is 23.6 Å². The molecule has 0 spiro atoms. The van der Waals surface area contributed by atoms with Crippen molar-refractivity contribution >= 4 is 39.9 Å². The molecule has 1 aliphatic rings. The van der Waals surface area contributed by atoms with E-state index in [1.54, 1.807) is 12.1 Å². The third-order valence-electron chi connectivity index (χ3n) is 4.40. The minimum atomic E-state index is -1.28. The van der Waals surface area contributed by atoms with Crippen molar-refractivity contribution in [3.63, 3.8) is 0 Å². The Kier molecular flexibility index (Phi) is 6.96. The van der Waals surface area contributed by atoms with E-state index in [1.165, 1.54) is 6.08 Å². The van der Waals surface area contributed by atoms with E-state index in [1.807, 2.05) is 38.1 Å². The van der Waals surface area contributed by atoms with E-state index in [2.05, 4.69) is 21.2 Å². The number of benzene rings is 2. The van der Waals surface area contributed by atoms with Crippen molar-refractivity contribution in [1.29, 1.82) is 0 Å². The van der Waals surface area contributed by atoms with Crippen molar-refractivity contribution < 1.29 is 29.0 Å². The maximum atomic E-state index is 12.4. The predicted octanol–water partition coefficient (Wildman–Crippen LogP) is 3.71. The first-order valence-corrected chi connectivity index (χ1v) is 10.3. The maximum Gasteiger partial charge on any atom is 0.329 e. The third-order valence-corrected chi connectivity index (χ3v) is 5.08. The van der Waals surface area contributed by atoms with Gasteiger partial charge in [-0.15, -0.1) is 0 Å². The number of hydrogen-bond donors (Lipinski definition) is 2. The molecule has 8 nitrogen and oxygen atoms in total. The zero-order valence-corrected chi connectivity index (χ0v) is 18.6. The Labute approximate surface area is 187 Å². The van der Waals surface area contributed by atoms with Crippen molar-refractivity contribution in [2.24, 2.45) is 0 Å². The van der Waals surface area contributed by atoms with Gasteiger partial charge in [-0.3, -0.25) is 9.59 Å². The minimum Gasteiger partial charge on any atom is -0.490 e. The highest BCUT2D eigenvalue weighted by Crippen LogP contribution is 2.35. The molecule has 31 heavy (non-hydrogen) atoms. The van der Waals surface area contributed by atoms with Gasteiger partial charge in [-0.05, 0) is 43.2 Å². The van der Waals surface area contributed by atoms with Gasteiger partial charge in [0.25, 0.3) is 5.91 Å². The average molecular weight is 489 g/mol. The highest BCUT2D eigenvalue weighted by molar-refractivity contribution is 9.10. The van der Waals surface area contributed by atoms with E-state index in [4.69, 9.17) is 14.6 Å². The molecule has 0 bridgehead atoms. The number of amides is 3. The molecule has 1 fully saturated rings. The maximum absolute atomic E-state index is 12.4. The van der Waals surface area contributed by atoms with Crippen LogP contribution in [0.25, 0.3) is 6.08 Å². The summed E-state index contributed by atoms with van der Waals surface area (Å²) in [6, 6.07) is 10.6. The van der Waals surface area contributed by atoms with E-state index in [9.17, 15) is 14.4 Å². The molecular formula is C22H21BrN2O6. The molecule has 0 aliphatic carbocycles. The Morgan fingerprint density at radius 1 is 1.19 bits per heavy atom. The Hall–Kier alpha value is -3.33. The van der Waals surface area contributed by atoms with Gasteiger partial charge in [0.2, 0.25) is 0 Å². The van der Waals surface area contributed by atoms with Crippen LogP contribution in [0, 0.1) is 6.92 Å². The lowest BCUT2D eigenvalue weighted by Gasteiger charge is -2.14. The SMILES string of the molecule is CCOc1cc(/C=C2/NC(=O)N(CC(=O)O)C2=O)c(Br)cc1OCc1cccc(C)c1. The lowest BCUT2D eigenvalue weighted by atomic mass is 10.1. The molecule has 1 heterocycles. The zero-order valence-electron chi connectivity index (χ0n) is 17.0. The molecule has 9 heteroatoms. The summed E-state index contributed by atoms with van der Waals surface area (Å²) in [5.74, 6) is -0.993. The van der Waals surface area contributed by atoms with Gasteiger partial charge in [0.1, 0.15) is 18.8 Å². The van der Waals surface area contributed by atoms with E-state index in [-0.39, 0.29) is 5.70 Å². The van der Waals surface area contributed by atoms with Crippen LogP contribution in [0.15, 0.2) is 46.6 Å². The van der Waals surface area contributed by atoms with Crippen molar-refractivity contribution in [1.82, 2.24) is 10.2 Å². The van der Waals surface area contributed by atoms with Crippen LogP contribution in [0.4, 0.5) is 4.79 Å². The summed E-state index contributed by atoms with van der Waals surface area (Å²) < 4.78 is 12.3. The Balaban J connectivity index is 1.86. The average Bonchev–Trinajstić information content (AvgIpc) is 2.96. The topological polar surface area (TPSA) is 105 Å². The molecule has 0 atom stereocenters. The van der Waals surface area contributed by atoms with E-state index < -0.39 is 24.5 Å². The molecule has 0 aromatic heterocycles. The molecule has 2 aromatic carbocycles. The molecule has 0 unspecified atom stereocenters.